The van der Waals surface area contributed by atoms with Crippen molar-refractivity contribution in [3.8, 4) is 11.8 Å². The molecule has 3 aromatic rings. The Kier molecular flexibility index (Phi) is 7.45. The largest absolute Gasteiger partial charge is 0.508 e. The molecule has 1 aliphatic rings. The van der Waals surface area contributed by atoms with Crippen molar-refractivity contribution in [1.82, 2.24) is 15.0 Å². The number of nitrogen functional groups attached to an aromatic ring is 1. The first-order valence-electron chi connectivity index (χ1n) is 8.39. The number of nitrogens with zero attached hydrogens (tertiary/aromatic N) is 4. The zero-order chi connectivity index (χ0) is 19.2. The van der Waals surface area contributed by atoms with Crippen LogP contribution in [0.1, 0.15) is 42.7 Å². The summed E-state index contributed by atoms with van der Waals surface area (Å²) in [6.45, 7) is 0. The zero-order valence-electron chi connectivity index (χ0n) is 14.9. The quantitative estimate of drug-likeness (QED) is 0.215. The van der Waals surface area contributed by atoms with Crippen LogP contribution in [0.25, 0.3) is 0 Å². The van der Waals surface area contributed by atoms with E-state index in [0.717, 1.165) is 24.2 Å². The number of fused-ring (bicyclic) bond motifs is 1. The minimum Gasteiger partial charge on any atom is -0.508 e. The second-order valence-electron chi connectivity index (χ2n) is 5.98. The van der Waals surface area contributed by atoms with E-state index in [2.05, 4.69) is 15.0 Å². The summed E-state index contributed by atoms with van der Waals surface area (Å²) < 4.78 is 4.97. The predicted molar refractivity (Wildman–Crippen MR) is 116 cm³/mol. The Morgan fingerprint density at radius 2 is 2.00 bits per heavy atom. The Balaban J connectivity index is 0.000000277. The molecule has 2 heterocycles. The Hall–Kier alpha value is -3.00. The van der Waals surface area contributed by atoms with Crippen molar-refractivity contribution in [2.24, 2.45) is 0 Å². The normalized spacial score (nSPS) is 11.8. The number of hydrogen-bond acceptors (Lipinski definition) is 8. The molecule has 2 aromatic heterocycles. The summed E-state index contributed by atoms with van der Waals surface area (Å²) in [4.78, 5) is 12.1. The fraction of sp³-hybridized carbons (Fsp3) is 0.211. The molecule has 0 bridgehead atoms. The number of rotatable bonds is 2. The van der Waals surface area contributed by atoms with Crippen LogP contribution in [0.2, 0.25) is 0 Å². The molecule has 0 radical (unpaired) electrons. The number of phenols is 1. The molecule has 0 atom stereocenters. The number of aromatic nitrogens is 3. The van der Waals surface area contributed by atoms with Crippen molar-refractivity contribution in [2.45, 2.75) is 25.7 Å². The van der Waals surface area contributed by atoms with Crippen LogP contribution in [-0.2, 0) is 12.8 Å². The number of nitrogens with two attached hydrogens (primary N) is 1. The highest BCUT2D eigenvalue weighted by molar-refractivity contribution is 14.0. The van der Waals surface area contributed by atoms with Crippen LogP contribution >= 0.6 is 24.0 Å². The van der Waals surface area contributed by atoms with Gasteiger partial charge >= 0.3 is 0 Å². The molecule has 0 unspecified atom stereocenters. The van der Waals surface area contributed by atoms with Crippen molar-refractivity contribution in [3.05, 3.63) is 65.4 Å². The van der Waals surface area contributed by atoms with Crippen LogP contribution in [0.15, 0.2) is 41.4 Å². The number of aromatic hydroxyl groups is 1. The maximum absolute atomic E-state index is 9.29. The van der Waals surface area contributed by atoms with Crippen molar-refractivity contribution >= 4 is 35.4 Å². The Bertz CT molecular complexity index is 1000. The highest BCUT2D eigenvalue weighted by Crippen LogP contribution is 2.21. The van der Waals surface area contributed by atoms with Crippen LogP contribution in [0, 0.1) is 16.7 Å². The molecule has 0 spiro atoms. The molecule has 0 aliphatic heterocycles. The summed E-state index contributed by atoms with van der Waals surface area (Å²) in [5.41, 5.74) is 9.17. The van der Waals surface area contributed by atoms with Crippen LogP contribution in [0.3, 0.4) is 0 Å². The number of nitriles is 1. The van der Waals surface area contributed by atoms with Crippen molar-refractivity contribution in [3.63, 3.8) is 0 Å². The van der Waals surface area contributed by atoms with E-state index in [1.165, 1.54) is 43.6 Å². The number of hydrogen-bond donors (Lipinski definition) is 3. The van der Waals surface area contributed by atoms with E-state index in [1.54, 1.807) is 6.20 Å². The van der Waals surface area contributed by atoms with Gasteiger partial charge in [-0.15, -0.1) is 24.0 Å². The maximum atomic E-state index is 9.29. The molecule has 8 nitrogen and oxygen atoms in total. The van der Waals surface area contributed by atoms with E-state index in [1.807, 2.05) is 6.07 Å². The maximum Gasteiger partial charge on any atom is 0.181 e. The fourth-order valence-corrected chi connectivity index (χ4v) is 2.73. The summed E-state index contributed by atoms with van der Waals surface area (Å²) >= 11 is 0. The van der Waals surface area contributed by atoms with Gasteiger partial charge in [-0.3, -0.25) is 10.4 Å². The Labute approximate surface area is 180 Å². The first-order chi connectivity index (χ1) is 13.1. The molecular formula is C19H21IN6O2. The summed E-state index contributed by atoms with van der Waals surface area (Å²) in [7, 11) is 0. The number of nitrogens with one attached hydrogen (secondary N) is 1. The summed E-state index contributed by atoms with van der Waals surface area (Å²) in [6.07, 6.45) is 8.61. The molecule has 28 heavy (non-hydrogen) atoms. The highest BCUT2D eigenvalue weighted by atomic mass is 127. The number of aryl methyl sites for hydroxylation is 2. The van der Waals surface area contributed by atoms with Gasteiger partial charge < -0.3 is 15.3 Å². The average molecular weight is 492 g/mol. The Morgan fingerprint density at radius 1 is 1.25 bits per heavy atom. The average Bonchev–Trinajstić information content (AvgIpc) is 3.24. The molecule has 1 aliphatic carbocycles. The lowest BCUT2D eigenvalue weighted by molar-refractivity contribution is 0.475. The summed E-state index contributed by atoms with van der Waals surface area (Å²) in [5.74, 6) is 0.371. The Morgan fingerprint density at radius 3 is 2.68 bits per heavy atom. The third-order valence-electron chi connectivity index (χ3n) is 4.11. The van der Waals surface area contributed by atoms with Gasteiger partial charge in [0, 0.05) is 12.7 Å². The lowest BCUT2D eigenvalue weighted by atomic mass is 10.0. The smallest absolute Gasteiger partial charge is 0.181 e. The van der Waals surface area contributed by atoms with Gasteiger partial charge in [0.05, 0.1) is 23.8 Å². The van der Waals surface area contributed by atoms with Crippen molar-refractivity contribution in [1.29, 1.82) is 10.7 Å². The van der Waals surface area contributed by atoms with Gasteiger partial charge in [0.15, 0.2) is 17.8 Å². The topological polar surface area (TPSA) is 146 Å². The predicted octanol–water partition coefficient (Wildman–Crippen LogP) is 3.47. The van der Waals surface area contributed by atoms with Crippen LogP contribution < -0.4 is 5.73 Å². The molecule has 0 fully saturated rings. The SMILES string of the molecule is I.N#Cc1cnc2c(n1)CCCC2.N=C(c1cnco1)c1cc(O)ccc1N.[HH]. The molecule has 4 rings (SSSR count). The van der Waals surface area contributed by atoms with E-state index in [0.29, 0.717) is 22.7 Å². The lowest BCUT2D eigenvalue weighted by Crippen LogP contribution is -2.08. The standard InChI is InChI=1S/C10H9N3O2.C9H9N3.HI.H2/c11-8-2-1-6(14)3-7(8)10(12)9-4-13-5-15-9;10-5-7-6-11-8-3-1-2-4-9(8)12-7;;/h1-5,12,14H,11H2;6H,1-4H2;2*1H. The first kappa shape index (κ1) is 21.3. The first-order valence-corrected chi connectivity index (χ1v) is 8.39. The zero-order valence-corrected chi connectivity index (χ0v) is 17.3. The van der Waals surface area contributed by atoms with Crippen LogP contribution in [-0.4, -0.2) is 25.8 Å². The molecule has 146 valence electrons. The minimum atomic E-state index is 0. The van der Waals surface area contributed by atoms with Crippen molar-refractivity contribution in [2.75, 3.05) is 5.73 Å². The molecule has 0 amide bonds. The third kappa shape index (κ3) is 5.04. The molecule has 1 aromatic carbocycles. The van der Waals surface area contributed by atoms with E-state index in [-0.39, 0.29) is 36.9 Å². The summed E-state index contributed by atoms with van der Waals surface area (Å²) in [5, 5.41) is 25.7. The second kappa shape index (κ2) is 9.80. The van der Waals surface area contributed by atoms with Gasteiger partial charge in [0.25, 0.3) is 0 Å². The van der Waals surface area contributed by atoms with E-state index in [9.17, 15) is 5.11 Å². The van der Waals surface area contributed by atoms with Gasteiger partial charge in [-0.1, -0.05) is 0 Å². The van der Waals surface area contributed by atoms with Gasteiger partial charge in [-0.05, 0) is 43.9 Å². The summed E-state index contributed by atoms with van der Waals surface area (Å²) in [6, 6.07) is 6.42. The highest BCUT2D eigenvalue weighted by Gasteiger charge is 2.12. The lowest BCUT2D eigenvalue weighted by Gasteiger charge is -2.12. The van der Waals surface area contributed by atoms with Gasteiger partial charge in [0.1, 0.15) is 17.5 Å². The molecular weight excluding hydrogens is 471 g/mol. The monoisotopic (exact) mass is 492 g/mol. The van der Waals surface area contributed by atoms with E-state index >= 15 is 0 Å². The van der Waals surface area contributed by atoms with Gasteiger partial charge in [-0.25, -0.2) is 9.97 Å². The number of halogens is 1. The van der Waals surface area contributed by atoms with Gasteiger partial charge in [-0.2, -0.15) is 5.26 Å². The molecule has 0 saturated carbocycles. The fourth-order valence-electron chi connectivity index (χ4n) is 2.73. The minimum absolute atomic E-state index is 0. The number of oxazole rings is 1. The van der Waals surface area contributed by atoms with Gasteiger partial charge in [0.2, 0.25) is 0 Å². The van der Waals surface area contributed by atoms with Crippen LogP contribution in [0.4, 0.5) is 5.69 Å². The van der Waals surface area contributed by atoms with Crippen molar-refractivity contribution < 1.29 is 11.0 Å². The third-order valence-corrected chi connectivity index (χ3v) is 4.11. The van der Waals surface area contributed by atoms with Crippen LogP contribution in [0.5, 0.6) is 5.75 Å². The number of phenolic OH excluding ortho intramolecular Hbond substituents is 1. The number of benzene rings is 1. The van der Waals surface area contributed by atoms with E-state index < -0.39 is 0 Å². The number of anilines is 1. The molecule has 9 heteroatoms. The van der Waals surface area contributed by atoms with E-state index in [4.69, 9.17) is 20.8 Å². The molecule has 4 N–H and O–H groups in total. The molecule has 0 saturated heterocycles. The second-order valence-corrected chi connectivity index (χ2v) is 5.98.